The zero-order chi connectivity index (χ0) is 12.6. The average molecular weight is 239 g/mol. The molecule has 0 radical (unpaired) electrons. The van der Waals surface area contributed by atoms with E-state index in [1.165, 1.54) is 0 Å². The van der Waals surface area contributed by atoms with Gasteiger partial charge < -0.3 is 11.1 Å². The largest absolute Gasteiger partial charge is 0.385 e. The number of anilines is 1. The molecule has 1 aliphatic heterocycles. The standard InChI is InChI=1S/C13H13N5/c14-8-13(4-5-13)9-2-1-3-10(6-9)17-12-16-7-11(15)18-12/h1-3,6H,4-5,7H2,(H3,15,16,17,18). The molecule has 1 aromatic carbocycles. The minimum absolute atomic E-state index is 0.266. The van der Waals surface area contributed by atoms with Crippen molar-refractivity contribution in [2.45, 2.75) is 18.3 Å². The van der Waals surface area contributed by atoms with Gasteiger partial charge in [-0.25, -0.2) is 4.99 Å². The average Bonchev–Trinajstić information content (AvgIpc) is 3.09. The van der Waals surface area contributed by atoms with E-state index in [-0.39, 0.29) is 5.41 Å². The highest BCUT2D eigenvalue weighted by Crippen LogP contribution is 2.47. The van der Waals surface area contributed by atoms with Crippen LogP contribution in [-0.2, 0) is 5.41 Å². The summed E-state index contributed by atoms with van der Waals surface area (Å²) in [5, 5.41) is 12.3. The predicted molar refractivity (Wildman–Crippen MR) is 70.5 cm³/mol. The lowest BCUT2D eigenvalue weighted by atomic mass is 9.97. The summed E-state index contributed by atoms with van der Waals surface area (Å²) in [6.07, 6.45) is 1.89. The van der Waals surface area contributed by atoms with Crippen molar-refractivity contribution in [2.75, 3.05) is 11.9 Å². The van der Waals surface area contributed by atoms with Gasteiger partial charge in [0.2, 0.25) is 5.96 Å². The van der Waals surface area contributed by atoms with Crippen LogP contribution in [0, 0.1) is 11.3 Å². The summed E-state index contributed by atoms with van der Waals surface area (Å²) in [4.78, 5) is 8.23. The summed E-state index contributed by atoms with van der Waals surface area (Å²) in [7, 11) is 0. The monoisotopic (exact) mass is 239 g/mol. The lowest BCUT2D eigenvalue weighted by Crippen LogP contribution is -2.13. The van der Waals surface area contributed by atoms with Crippen molar-refractivity contribution < 1.29 is 0 Å². The second kappa shape index (κ2) is 3.84. The predicted octanol–water partition coefficient (Wildman–Crippen LogP) is 1.38. The molecule has 0 aromatic heterocycles. The maximum absolute atomic E-state index is 9.19. The zero-order valence-electron chi connectivity index (χ0n) is 9.85. The van der Waals surface area contributed by atoms with Crippen LogP contribution in [0.2, 0.25) is 0 Å². The number of nitrogens with one attached hydrogen (secondary N) is 1. The highest BCUT2D eigenvalue weighted by atomic mass is 15.2. The molecule has 1 aromatic rings. The van der Waals surface area contributed by atoms with Crippen LogP contribution >= 0.6 is 0 Å². The second-order valence-electron chi connectivity index (χ2n) is 4.64. The molecule has 0 bridgehead atoms. The Labute approximate surface area is 105 Å². The second-order valence-corrected chi connectivity index (χ2v) is 4.64. The Morgan fingerprint density at radius 3 is 2.83 bits per heavy atom. The van der Waals surface area contributed by atoms with Crippen LogP contribution in [0.25, 0.3) is 0 Å². The molecule has 18 heavy (non-hydrogen) atoms. The van der Waals surface area contributed by atoms with Crippen molar-refractivity contribution in [3.8, 4) is 6.07 Å². The van der Waals surface area contributed by atoms with E-state index in [0.29, 0.717) is 18.3 Å². The van der Waals surface area contributed by atoms with Crippen LogP contribution in [0.5, 0.6) is 0 Å². The van der Waals surface area contributed by atoms with Crippen molar-refractivity contribution in [1.29, 1.82) is 5.26 Å². The van der Waals surface area contributed by atoms with Gasteiger partial charge in [-0.3, -0.25) is 0 Å². The normalized spacial score (nSPS) is 19.7. The first-order chi connectivity index (χ1) is 8.72. The number of nitriles is 1. The molecule has 0 saturated heterocycles. The summed E-state index contributed by atoms with van der Waals surface area (Å²) >= 11 is 0. The van der Waals surface area contributed by atoms with Gasteiger partial charge in [0, 0.05) is 5.69 Å². The molecule has 0 spiro atoms. The number of benzene rings is 1. The van der Waals surface area contributed by atoms with E-state index in [4.69, 9.17) is 5.73 Å². The number of aliphatic imine (C=N–C) groups is 2. The number of guanidine groups is 1. The van der Waals surface area contributed by atoms with E-state index in [1.54, 1.807) is 0 Å². The molecule has 0 amide bonds. The van der Waals surface area contributed by atoms with Crippen LogP contribution in [0.1, 0.15) is 18.4 Å². The van der Waals surface area contributed by atoms with E-state index < -0.39 is 0 Å². The maximum atomic E-state index is 9.19. The molecule has 1 aliphatic carbocycles. The van der Waals surface area contributed by atoms with Gasteiger partial charge in [-0.15, -0.1) is 0 Å². The van der Waals surface area contributed by atoms with Gasteiger partial charge in [-0.2, -0.15) is 10.3 Å². The quantitative estimate of drug-likeness (QED) is 0.817. The van der Waals surface area contributed by atoms with Crippen molar-refractivity contribution >= 4 is 17.5 Å². The van der Waals surface area contributed by atoms with Gasteiger partial charge in [-0.1, -0.05) is 12.1 Å². The molecule has 2 aliphatic rings. The molecule has 1 saturated carbocycles. The number of hydrogen-bond donors (Lipinski definition) is 2. The van der Waals surface area contributed by atoms with Gasteiger partial charge in [0.1, 0.15) is 12.4 Å². The summed E-state index contributed by atoms with van der Waals surface area (Å²) in [5.74, 6) is 1.05. The van der Waals surface area contributed by atoms with Crippen LogP contribution in [-0.4, -0.2) is 18.3 Å². The fourth-order valence-electron chi connectivity index (χ4n) is 2.04. The van der Waals surface area contributed by atoms with Gasteiger partial charge in [0.25, 0.3) is 0 Å². The molecule has 3 N–H and O–H groups in total. The van der Waals surface area contributed by atoms with Gasteiger partial charge in [0.15, 0.2) is 0 Å². The highest BCUT2D eigenvalue weighted by Gasteiger charge is 2.44. The van der Waals surface area contributed by atoms with Crippen molar-refractivity contribution in [1.82, 2.24) is 0 Å². The van der Waals surface area contributed by atoms with Gasteiger partial charge in [-0.05, 0) is 30.5 Å². The van der Waals surface area contributed by atoms with Crippen LogP contribution < -0.4 is 11.1 Å². The Kier molecular flexibility index (Phi) is 2.30. The van der Waals surface area contributed by atoms with E-state index in [9.17, 15) is 5.26 Å². The van der Waals surface area contributed by atoms with Crippen LogP contribution in [0.15, 0.2) is 34.3 Å². The number of nitrogens with zero attached hydrogens (tertiary/aromatic N) is 3. The first-order valence-corrected chi connectivity index (χ1v) is 5.88. The first kappa shape index (κ1) is 10.8. The molecule has 3 rings (SSSR count). The summed E-state index contributed by atoms with van der Waals surface area (Å²) in [6.45, 7) is 0.449. The minimum atomic E-state index is -0.266. The molecule has 90 valence electrons. The summed E-state index contributed by atoms with van der Waals surface area (Å²) in [6, 6.07) is 10.3. The number of amidine groups is 1. The Bertz CT molecular complexity index is 590. The SMILES string of the molecule is N#CC1(c2cccc(NC3=NCC(N)=N3)c2)CC1. The number of nitrogens with two attached hydrogens (primary N) is 1. The Morgan fingerprint density at radius 2 is 2.22 bits per heavy atom. The van der Waals surface area contributed by atoms with Crippen LogP contribution in [0.4, 0.5) is 5.69 Å². The van der Waals surface area contributed by atoms with Crippen LogP contribution in [0.3, 0.4) is 0 Å². The van der Waals surface area contributed by atoms with E-state index in [2.05, 4.69) is 21.4 Å². The number of rotatable bonds is 2. The number of hydrogen-bond acceptors (Lipinski definition) is 5. The fraction of sp³-hybridized carbons (Fsp3) is 0.308. The fourth-order valence-corrected chi connectivity index (χ4v) is 2.04. The smallest absolute Gasteiger partial charge is 0.224 e. The molecule has 5 heteroatoms. The zero-order valence-corrected chi connectivity index (χ0v) is 9.85. The van der Waals surface area contributed by atoms with E-state index in [1.807, 2.05) is 24.3 Å². The third-order valence-corrected chi connectivity index (χ3v) is 3.28. The third kappa shape index (κ3) is 1.82. The molecular weight excluding hydrogens is 226 g/mol. The Balaban J connectivity index is 1.82. The van der Waals surface area contributed by atoms with Crippen molar-refractivity contribution in [2.24, 2.45) is 15.7 Å². The molecule has 5 nitrogen and oxygen atoms in total. The van der Waals surface area contributed by atoms with Crippen molar-refractivity contribution in [3.05, 3.63) is 29.8 Å². The molecule has 0 unspecified atom stereocenters. The topological polar surface area (TPSA) is 86.6 Å². The molecule has 1 heterocycles. The van der Waals surface area contributed by atoms with Crippen molar-refractivity contribution in [3.63, 3.8) is 0 Å². The van der Waals surface area contributed by atoms with E-state index >= 15 is 0 Å². The minimum Gasteiger partial charge on any atom is -0.385 e. The third-order valence-electron chi connectivity index (χ3n) is 3.28. The lowest BCUT2D eigenvalue weighted by Gasteiger charge is -2.09. The molecule has 1 fully saturated rings. The highest BCUT2D eigenvalue weighted by molar-refractivity contribution is 6.07. The molecule has 0 atom stereocenters. The van der Waals surface area contributed by atoms with Gasteiger partial charge in [0.05, 0.1) is 11.5 Å². The Morgan fingerprint density at radius 1 is 1.39 bits per heavy atom. The molecular formula is C13H13N5. The summed E-state index contributed by atoms with van der Waals surface area (Å²) in [5.41, 5.74) is 7.25. The van der Waals surface area contributed by atoms with E-state index in [0.717, 1.165) is 24.1 Å². The lowest BCUT2D eigenvalue weighted by molar-refractivity contribution is 0.909. The maximum Gasteiger partial charge on any atom is 0.224 e. The van der Waals surface area contributed by atoms with Gasteiger partial charge >= 0.3 is 0 Å². The first-order valence-electron chi connectivity index (χ1n) is 5.88. The Hall–Kier alpha value is -2.35. The summed E-state index contributed by atoms with van der Waals surface area (Å²) < 4.78 is 0.